The highest BCUT2D eigenvalue weighted by Gasteiger charge is 2.48. The van der Waals surface area contributed by atoms with Crippen molar-refractivity contribution in [3.63, 3.8) is 0 Å². The van der Waals surface area contributed by atoms with Crippen LogP contribution < -0.4 is 0 Å². The Morgan fingerprint density at radius 3 is 2.57 bits per heavy atom. The predicted molar refractivity (Wildman–Crippen MR) is 112 cm³/mol. The molecule has 2 saturated heterocycles. The number of carbonyl (C=O) groups excluding carboxylic acids is 1. The minimum Gasteiger partial charge on any atom is -0.381 e. The minimum atomic E-state index is -0.509. The van der Waals surface area contributed by atoms with Gasteiger partial charge in [0.15, 0.2) is 0 Å². The van der Waals surface area contributed by atoms with Crippen molar-refractivity contribution in [2.24, 2.45) is 0 Å². The predicted octanol–water partition coefficient (Wildman–Crippen LogP) is 4.06. The Morgan fingerprint density at radius 2 is 1.83 bits per heavy atom. The van der Waals surface area contributed by atoms with Gasteiger partial charge >= 0.3 is 0 Å². The van der Waals surface area contributed by atoms with Gasteiger partial charge in [-0.05, 0) is 30.5 Å². The zero-order chi connectivity index (χ0) is 20.6. The molecule has 0 spiro atoms. The first-order chi connectivity index (χ1) is 14.7. The van der Waals surface area contributed by atoms with Crippen molar-refractivity contribution in [2.75, 3.05) is 26.3 Å². The number of likely N-dealkylation sites (tertiary alicyclic amines) is 1. The molecule has 3 heterocycles. The number of rotatable bonds is 4. The Labute approximate surface area is 179 Å². The molecule has 3 aromatic rings. The molecule has 0 atom stereocenters. The van der Waals surface area contributed by atoms with Crippen LogP contribution in [0.4, 0.5) is 0 Å². The van der Waals surface area contributed by atoms with Gasteiger partial charge in [-0.3, -0.25) is 4.79 Å². The first-order valence-corrected chi connectivity index (χ1v) is 10.6. The number of carbonyl (C=O) groups is 1. The van der Waals surface area contributed by atoms with Gasteiger partial charge in [0, 0.05) is 36.9 Å². The molecule has 2 aromatic carbocycles. The van der Waals surface area contributed by atoms with Crippen molar-refractivity contribution < 1.29 is 14.1 Å². The van der Waals surface area contributed by atoms with Crippen LogP contribution in [0.5, 0.6) is 0 Å². The van der Waals surface area contributed by atoms with E-state index in [0.717, 1.165) is 11.1 Å². The minimum absolute atomic E-state index is 0.0575. The van der Waals surface area contributed by atoms with Crippen molar-refractivity contribution in [2.45, 2.75) is 24.2 Å². The van der Waals surface area contributed by atoms with E-state index in [2.05, 4.69) is 22.3 Å². The van der Waals surface area contributed by atoms with E-state index >= 15 is 0 Å². The molecule has 6 nitrogen and oxygen atoms in total. The Kier molecular flexibility index (Phi) is 5.05. The lowest BCUT2D eigenvalue weighted by Gasteiger charge is -2.45. The Hall–Kier alpha value is -2.70. The maximum absolute atomic E-state index is 13.5. The lowest BCUT2D eigenvalue weighted by molar-refractivity contribution is -0.146. The monoisotopic (exact) mass is 423 g/mol. The highest BCUT2D eigenvalue weighted by atomic mass is 35.5. The molecule has 0 unspecified atom stereocenters. The van der Waals surface area contributed by atoms with Gasteiger partial charge in [0.25, 0.3) is 0 Å². The fourth-order valence-corrected chi connectivity index (χ4v) is 4.54. The van der Waals surface area contributed by atoms with Crippen LogP contribution in [0.1, 0.15) is 30.2 Å². The molecule has 30 heavy (non-hydrogen) atoms. The van der Waals surface area contributed by atoms with Gasteiger partial charge in [-0.15, -0.1) is 0 Å². The summed E-state index contributed by atoms with van der Waals surface area (Å²) in [5, 5.41) is 4.71. The lowest BCUT2D eigenvalue weighted by atomic mass is 9.72. The second-order valence-corrected chi connectivity index (χ2v) is 8.37. The zero-order valence-electron chi connectivity index (χ0n) is 16.5. The number of nitrogens with zero attached hydrogens (tertiary/aromatic N) is 3. The second-order valence-electron chi connectivity index (χ2n) is 7.93. The summed E-state index contributed by atoms with van der Waals surface area (Å²) < 4.78 is 11.0. The number of hydrogen-bond acceptors (Lipinski definition) is 5. The summed E-state index contributed by atoms with van der Waals surface area (Å²) in [5.74, 6) is 1.31. The van der Waals surface area contributed by atoms with Crippen LogP contribution in [-0.2, 0) is 14.9 Å². The third-order valence-electron chi connectivity index (χ3n) is 6.12. The quantitative estimate of drug-likeness (QED) is 0.632. The summed E-state index contributed by atoms with van der Waals surface area (Å²) in [4.78, 5) is 20.0. The molecular weight excluding hydrogens is 402 g/mol. The second kappa shape index (κ2) is 7.85. The average molecular weight is 424 g/mol. The van der Waals surface area contributed by atoms with E-state index in [9.17, 15) is 4.79 Å². The van der Waals surface area contributed by atoms with Crippen LogP contribution in [0.3, 0.4) is 0 Å². The fourth-order valence-electron chi connectivity index (χ4n) is 4.35. The summed E-state index contributed by atoms with van der Waals surface area (Å²) in [6.07, 6.45) is 1.41. The molecule has 1 aromatic heterocycles. The average Bonchev–Trinajstić information content (AvgIpc) is 3.23. The fraction of sp³-hybridized carbons (Fsp3) is 0.348. The van der Waals surface area contributed by atoms with Crippen LogP contribution in [0.15, 0.2) is 59.1 Å². The van der Waals surface area contributed by atoms with Gasteiger partial charge in [0.05, 0.1) is 11.3 Å². The molecule has 2 fully saturated rings. The van der Waals surface area contributed by atoms with E-state index in [1.54, 1.807) is 6.07 Å². The molecule has 0 radical (unpaired) electrons. The summed E-state index contributed by atoms with van der Waals surface area (Å²) >= 11 is 6.05. The number of ether oxygens (including phenoxy) is 1. The van der Waals surface area contributed by atoms with Crippen molar-refractivity contribution in [1.29, 1.82) is 0 Å². The smallest absolute Gasteiger partial charge is 0.233 e. The number of amides is 1. The first-order valence-electron chi connectivity index (χ1n) is 10.2. The van der Waals surface area contributed by atoms with E-state index in [4.69, 9.17) is 20.9 Å². The molecule has 0 aliphatic carbocycles. The van der Waals surface area contributed by atoms with Crippen molar-refractivity contribution in [3.05, 3.63) is 71.1 Å². The maximum Gasteiger partial charge on any atom is 0.233 e. The Bertz CT molecular complexity index is 1040. The van der Waals surface area contributed by atoms with E-state index in [1.165, 1.54) is 0 Å². The Balaban J connectivity index is 1.31. The van der Waals surface area contributed by atoms with Gasteiger partial charge in [-0.2, -0.15) is 4.98 Å². The zero-order valence-corrected chi connectivity index (χ0v) is 17.2. The molecular formula is C23H22ClN3O3. The number of benzene rings is 2. The molecule has 2 aliphatic rings. The number of hydrogen-bond donors (Lipinski definition) is 0. The number of halogens is 1. The Morgan fingerprint density at radius 1 is 1.07 bits per heavy atom. The summed E-state index contributed by atoms with van der Waals surface area (Å²) in [7, 11) is 0. The summed E-state index contributed by atoms with van der Waals surface area (Å²) in [6.45, 7) is 2.38. The molecule has 2 aliphatic heterocycles. The van der Waals surface area contributed by atoms with Crippen LogP contribution in [0.2, 0.25) is 5.02 Å². The van der Waals surface area contributed by atoms with Crippen molar-refractivity contribution in [1.82, 2.24) is 15.0 Å². The highest BCUT2D eigenvalue weighted by Crippen LogP contribution is 2.39. The topological polar surface area (TPSA) is 68.5 Å². The van der Waals surface area contributed by atoms with Crippen molar-refractivity contribution in [3.8, 4) is 11.4 Å². The van der Waals surface area contributed by atoms with Gasteiger partial charge in [0.1, 0.15) is 0 Å². The molecule has 7 heteroatoms. The molecule has 5 rings (SSSR count). The van der Waals surface area contributed by atoms with Gasteiger partial charge in [0.2, 0.25) is 17.6 Å². The molecule has 0 bridgehead atoms. The molecule has 154 valence electrons. The third-order valence-corrected chi connectivity index (χ3v) is 6.36. The van der Waals surface area contributed by atoms with Crippen molar-refractivity contribution >= 4 is 17.5 Å². The van der Waals surface area contributed by atoms with E-state index < -0.39 is 5.41 Å². The number of aromatic nitrogens is 2. The highest BCUT2D eigenvalue weighted by molar-refractivity contribution is 6.30. The van der Waals surface area contributed by atoms with Gasteiger partial charge < -0.3 is 14.2 Å². The van der Waals surface area contributed by atoms with E-state index in [0.29, 0.717) is 55.9 Å². The van der Waals surface area contributed by atoms with Crippen LogP contribution in [0.25, 0.3) is 11.4 Å². The van der Waals surface area contributed by atoms with Gasteiger partial charge in [-0.1, -0.05) is 59.2 Å². The molecule has 1 amide bonds. The molecule has 0 saturated carbocycles. The third kappa shape index (κ3) is 3.40. The normalized spacial score (nSPS) is 18.8. The van der Waals surface area contributed by atoms with E-state index in [1.807, 2.05) is 41.3 Å². The first kappa shape index (κ1) is 19.3. The standard InChI is InChI=1S/C23H22ClN3O3/c24-19-8-4-5-16(13-19)20-25-21(30-26-20)17-14-27(15-17)22(28)23(9-11-29-12-10-23)18-6-2-1-3-7-18/h1-8,13,17H,9-12,14-15H2. The van der Waals surface area contributed by atoms with E-state index in [-0.39, 0.29) is 11.8 Å². The van der Waals surface area contributed by atoms with Gasteiger partial charge in [-0.25, -0.2) is 0 Å². The summed E-state index contributed by atoms with van der Waals surface area (Å²) in [6, 6.07) is 17.4. The summed E-state index contributed by atoms with van der Waals surface area (Å²) in [5.41, 5.74) is 1.38. The van der Waals surface area contributed by atoms with Crippen LogP contribution >= 0.6 is 11.6 Å². The van der Waals surface area contributed by atoms with Crippen LogP contribution in [-0.4, -0.2) is 47.3 Å². The lowest BCUT2D eigenvalue weighted by Crippen LogP contribution is -2.57. The maximum atomic E-state index is 13.5. The van der Waals surface area contributed by atoms with Crippen LogP contribution in [0, 0.1) is 0 Å². The largest absolute Gasteiger partial charge is 0.381 e. The molecule has 0 N–H and O–H groups in total. The SMILES string of the molecule is O=C(N1CC(c2nc(-c3cccc(Cl)c3)no2)C1)C1(c2ccccc2)CCOCC1.